The minimum atomic E-state index is -0.633. The molecule has 7 nitrogen and oxygen atoms in total. The number of benzene rings is 1. The number of hydrogen-bond donors (Lipinski definition) is 3. The van der Waals surface area contributed by atoms with Gasteiger partial charge in [0.05, 0.1) is 28.9 Å². The summed E-state index contributed by atoms with van der Waals surface area (Å²) in [7, 11) is 0. The number of thiophene rings is 1. The lowest BCUT2D eigenvalue weighted by atomic mass is 10.2. The van der Waals surface area contributed by atoms with E-state index in [9.17, 15) is 18.8 Å². The van der Waals surface area contributed by atoms with Crippen molar-refractivity contribution >= 4 is 40.4 Å². The van der Waals surface area contributed by atoms with Gasteiger partial charge < -0.3 is 20.4 Å². The Morgan fingerprint density at radius 2 is 1.86 bits per heavy atom. The first-order valence-electron chi connectivity index (χ1n) is 8.63. The molecule has 3 rings (SSSR count). The van der Waals surface area contributed by atoms with Crippen molar-refractivity contribution in [3.63, 3.8) is 0 Å². The van der Waals surface area contributed by atoms with Gasteiger partial charge in [0, 0.05) is 17.5 Å². The molecule has 0 saturated carbocycles. The van der Waals surface area contributed by atoms with Crippen LogP contribution in [0.3, 0.4) is 0 Å². The number of anilines is 2. The summed E-state index contributed by atoms with van der Waals surface area (Å²) in [5.41, 5.74) is 0.558. The fourth-order valence-electron chi connectivity index (χ4n) is 2.51. The van der Waals surface area contributed by atoms with Gasteiger partial charge in [-0.15, -0.1) is 11.3 Å². The number of furan rings is 1. The van der Waals surface area contributed by atoms with Crippen LogP contribution in [0.1, 0.15) is 37.6 Å². The predicted octanol–water partition coefficient (Wildman–Crippen LogP) is 3.93. The molecule has 29 heavy (non-hydrogen) atoms. The molecule has 150 valence electrons. The first kappa shape index (κ1) is 20.3. The van der Waals surface area contributed by atoms with Gasteiger partial charge in [0.15, 0.2) is 0 Å². The molecule has 3 aromatic rings. The summed E-state index contributed by atoms with van der Waals surface area (Å²) in [6.07, 6.45) is 1.37. The number of halogens is 1. The molecule has 3 amide bonds. The molecule has 0 aliphatic heterocycles. The van der Waals surface area contributed by atoms with Gasteiger partial charge in [0.1, 0.15) is 11.6 Å². The van der Waals surface area contributed by atoms with Crippen LogP contribution in [0.2, 0.25) is 0 Å². The van der Waals surface area contributed by atoms with Gasteiger partial charge in [-0.1, -0.05) is 0 Å². The van der Waals surface area contributed by atoms with Crippen molar-refractivity contribution < 1.29 is 23.2 Å². The van der Waals surface area contributed by atoms with Gasteiger partial charge in [-0.25, -0.2) is 4.39 Å². The molecule has 0 aliphatic rings. The monoisotopic (exact) mass is 415 g/mol. The number of nitrogens with one attached hydrogen (secondary N) is 3. The molecule has 0 atom stereocenters. The fraction of sp³-hybridized carbons (Fsp3) is 0.150. The van der Waals surface area contributed by atoms with E-state index < -0.39 is 11.7 Å². The number of amides is 3. The molecule has 0 radical (unpaired) electrons. The van der Waals surface area contributed by atoms with Crippen LogP contribution in [0.5, 0.6) is 0 Å². The highest BCUT2D eigenvalue weighted by atomic mass is 32.1. The minimum Gasteiger partial charge on any atom is -0.469 e. The molecule has 0 unspecified atom stereocenters. The highest BCUT2D eigenvalue weighted by Gasteiger charge is 2.15. The van der Waals surface area contributed by atoms with Gasteiger partial charge in [-0.2, -0.15) is 0 Å². The Bertz CT molecular complexity index is 1070. The van der Waals surface area contributed by atoms with Crippen molar-refractivity contribution in [3.05, 3.63) is 69.6 Å². The molecular formula is C20H18FN3O4S. The van der Waals surface area contributed by atoms with E-state index in [1.807, 2.05) is 0 Å². The smallest absolute Gasteiger partial charge is 0.265 e. The number of hydrogen-bond acceptors (Lipinski definition) is 5. The van der Waals surface area contributed by atoms with E-state index in [1.165, 1.54) is 42.7 Å². The van der Waals surface area contributed by atoms with Gasteiger partial charge in [0.25, 0.3) is 11.8 Å². The van der Waals surface area contributed by atoms with Gasteiger partial charge in [-0.05, 0) is 43.3 Å². The van der Waals surface area contributed by atoms with E-state index in [4.69, 9.17) is 4.42 Å². The van der Waals surface area contributed by atoms with Gasteiger partial charge in [0.2, 0.25) is 5.91 Å². The van der Waals surface area contributed by atoms with Crippen LogP contribution in [-0.4, -0.2) is 17.7 Å². The highest BCUT2D eigenvalue weighted by molar-refractivity contribution is 7.14. The Labute approximate surface area is 169 Å². The fourth-order valence-corrected chi connectivity index (χ4v) is 3.35. The molecule has 0 spiro atoms. The molecule has 0 bridgehead atoms. The summed E-state index contributed by atoms with van der Waals surface area (Å²) in [6.45, 7) is 3.39. The maximum absolute atomic E-state index is 14.1. The molecule has 1 aromatic carbocycles. The van der Waals surface area contributed by atoms with Crippen LogP contribution in [-0.2, 0) is 11.3 Å². The lowest BCUT2D eigenvalue weighted by Crippen LogP contribution is -2.18. The van der Waals surface area contributed by atoms with E-state index >= 15 is 0 Å². The van der Waals surface area contributed by atoms with Crippen LogP contribution in [0.4, 0.5) is 15.8 Å². The molecular weight excluding hydrogens is 397 g/mol. The van der Waals surface area contributed by atoms with Crippen molar-refractivity contribution in [2.45, 2.75) is 20.4 Å². The molecule has 0 saturated heterocycles. The third-order valence-electron chi connectivity index (χ3n) is 3.97. The SMILES string of the molecule is CC(=O)NCc1ccc(C(=O)Nc2ccc(F)c(NC(=O)c3ccoc3C)c2)s1. The van der Waals surface area contributed by atoms with E-state index in [2.05, 4.69) is 16.0 Å². The lowest BCUT2D eigenvalue weighted by Gasteiger charge is -2.09. The average Bonchev–Trinajstić information content (AvgIpc) is 3.31. The van der Waals surface area contributed by atoms with Crippen LogP contribution in [0.25, 0.3) is 0 Å². The predicted molar refractivity (Wildman–Crippen MR) is 108 cm³/mol. The second-order valence-electron chi connectivity index (χ2n) is 6.17. The quantitative estimate of drug-likeness (QED) is 0.568. The summed E-state index contributed by atoms with van der Waals surface area (Å²) in [5.74, 6) is -1.26. The summed E-state index contributed by atoms with van der Waals surface area (Å²) in [6, 6.07) is 8.78. The Balaban J connectivity index is 1.69. The van der Waals surface area contributed by atoms with Crippen molar-refractivity contribution in [2.24, 2.45) is 0 Å². The summed E-state index contributed by atoms with van der Waals surface area (Å²) in [4.78, 5) is 36.9. The Hall–Kier alpha value is -3.46. The van der Waals surface area contributed by atoms with Crippen LogP contribution in [0.15, 0.2) is 47.1 Å². The molecule has 0 aliphatic carbocycles. The van der Waals surface area contributed by atoms with Gasteiger partial charge in [-0.3, -0.25) is 14.4 Å². The Morgan fingerprint density at radius 1 is 1.07 bits per heavy atom. The van der Waals surface area contributed by atoms with E-state index in [0.29, 0.717) is 28.4 Å². The average molecular weight is 415 g/mol. The summed E-state index contributed by atoms with van der Waals surface area (Å²) < 4.78 is 19.2. The maximum Gasteiger partial charge on any atom is 0.265 e. The largest absolute Gasteiger partial charge is 0.469 e. The molecule has 3 N–H and O–H groups in total. The topological polar surface area (TPSA) is 100 Å². The molecule has 2 heterocycles. The standard InChI is InChI=1S/C20H18FN3O4S/c1-11-15(7-8-28-11)19(26)24-17-9-13(3-5-16(17)21)23-20(27)18-6-4-14(29-18)10-22-12(2)25/h3-9H,10H2,1-2H3,(H,22,25)(H,23,27)(H,24,26). The molecule has 2 aromatic heterocycles. The summed E-state index contributed by atoms with van der Waals surface area (Å²) >= 11 is 1.24. The van der Waals surface area contributed by atoms with Gasteiger partial charge >= 0.3 is 0 Å². The zero-order valence-corrected chi connectivity index (χ0v) is 16.5. The van der Waals surface area contributed by atoms with E-state index in [0.717, 1.165) is 10.9 Å². The number of carbonyl (C=O) groups excluding carboxylic acids is 3. The second kappa shape index (κ2) is 8.70. The Kier molecular flexibility index (Phi) is 6.08. The summed E-state index contributed by atoms with van der Waals surface area (Å²) in [5, 5.41) is 7.81. The van der Waals surface area contributed by atoms with E-state index in [-0.39, 0.29) is 17.5 Å². The second-order valence-corrected chi connectivity index (χ2v) is 7.34. The van der Waals surface area contributed by atoms with Crippen molar-refractivity contribution in [3.8, 4) is 0 Å². The first-order valence-corrected chi connectivity index (χ1v) is 9.44. The number of aryl methyl sites for hydroxylation is 1. The number of carbonyl (C=O) groups is 3. The number of rotatable bonds is 6. The molecule has 0 fully saturated rings. The van der Waals surface area contributed by atoms with E-state index in [1.54, 1.807) is 19.1 Å². The lowest BCUT2D eigenvalue weighted by molar-refractivity contribution is -0.119. The Morgan fingerprint density at radius 3 is 2.55 bits per heavy atom. The normalized spacial score (nSPS) is 10.4. The highest BCUT2D eigenvalue weighted by Crippen LogP contribution is 2.23. The van der Waals surface area contributed by atoms with Crippen molar-refractivity contribution in [1.82, 2.24) is 5.32 Å². The molecule has 9 heteroatoms. The van der Waals surface area contributed by atoms with Crippen molar-refractivity contribution in [2.75, 3.05) is 10.6 Å². The zero-order valence-electron chi connectivity index (χ0n) is 15.7. The maximum atomic E-state index is 14.1. The first-order chi connectivity index (χ1) is 13.8. The zero-order chi connectivity index (χ0) is 21.0. The van der Waals surface area contributed by atoms with Crippen LogP contribution >= 0.6 is 11.3 Å². The van der Waals surface area contributed by atoms with Crippen molar-refractivity contribution in [1.29, 1.82) is 0 Å². The third kappa shape index (κ3) is 5.08. The third-order valence-corrected chi connectivity index (χ3v) is 5.06. The van der Waals surface area contributed by atoms with Crippen LogP contribution in [0, 0.1) is 12.7 Å². The minimum absolute atomic E-state index is 0.0640. The van der Waals surface area contributed by atoms with Crippen LogP contribution < -0.4 is 16.0 Å².